The van der Waals surface area contributed by atoms with Gasteiger partial charge in [-0.05, 0) is 18.6 Å². The van der Waals surface area contributed by atoms with Crippen molar-refractivity contribution in [1.82, 2.24) is 9.55 Å². The molecule has 2 aromatic heterocycles. The Labute approximate surface area is 108 Å². The van der Waals surface area contributed by atoms with Crippen molar-refractivity contribution in [2.45, 2.75) is 26.3 Å². The molecule has 0 spiro atoms. The molecule has 0 atom stereocenters. The van der Waals surface area contributed by atoms with Crippen molar-refractivity contribution >= 4 is 22.4 Å². The van der Waals surface area contributed by atoms with E-state index in [1.165, 1.54) is 10.8 Å². The lowest BCUT2D eigenvalue weighted by atomic mass is 10.2. The van der Waals surface area contributed by atoms with Gasteiger partial charge in [0.2, 0.25) is 0 Å². The average molecular weight is 262 g/mol. The average Bonchev–Trinajstić information content (AvgIpc) is 2.38. The van der Waals surface area contributed by atoms with E-state index < -0.39 is 16.2 Å². The van der Waals surface area contributed by atoms with Crippen LogP contribution < -0.4 is 11.3 Å². The number of hydrogen-bond donors (Lipinski definition) is 1. The fourth-order valence-electron chi connectivity index (χ4n) is 1.99. The van der Waals surface area contributed by atoms with Crippen LogP contribution in [0.3, 0.4) is 0 Å². The van der Waals surface area contributed by atoms with Crippen LogP contribution in [0.2, 0.25) is 0 Å². The molecule has 7 nitrogen and oxygen atoms in total. The van der Waals surface area contributed by atoms with Gasteiger partial charge in [-0.2, -0.15) is 0 Å². The number of unbranched alkanes of at least 4 members (excludes halogenated alkanes) is 1. The molecule has 0 saturated heterocycles. The second-order valence-corrected chi connectivity index (χ2v) is 4.20. The normalized spacial score (nSPS) is 10.8. The van der Waals surface area contributed by atoms with E-state index in [-0.39, 0.29) is 5.69 Å². The van der Waals surface area contributed by atoms with Crippen LogP contribution >= 0.6 is 0 Å². The van der Waals surface area contributed by atoms with Gasteiger partial charge in [0.25, 0.3) is 0 Å². The Kier molecular flexibility index (Phi) is 3.46. The number of pyridine rings is 2. The van der Waals surface area contributed by atoms with Gasteiger partial charge in [0.05, 0.1) is 4.92 Å². The lowest BCUT2D eigenvalue weighted by molar-refractivity contribution is -0.385. The van der Waals surface area contributed by atoms with Crippen molar-refractivity contribution in [3.8, 4) is 0 Å². The number of nitro groups is 1. The molecule has 2 rings (SSSR count). The van der Waals surface area contributed by atoms with E-state index >= 15 is 0 Å². The number of aryl methyl sites for hydroxylation is 1. The molecule has 0 aromatic carbocycles. The first-order valence-electron chi connectivity index (χ1n) is 5.99. The van der Waals surface area contributed by atoms with Gasteiger partial charge in [-0.1, -0.05) is 13.3 Å². The van der Waals surface area contributed by atoms with Gasteiger partial charge in [-0.3, -0.25) is 19.5 Å². The smallest absolute Gasteiger partial charge is 0.357 e. The van der Waals surface area contributed by atoms with Gasteiger partial charge < -0.3 is 5.73 Å². The molecule has 2 aromatic rings. The lowest BCUT2D eigenvalue weighted by Crippen LogP contribution is -2.25. The molecule has 0 aliphatic carbocycles. The molecule has 0 radical (unpaired) electrons. The molecule has 0 fully saturated rings. The zero-order chi connectivity index (χ0) is 14.0. The van der Waals surface area contributed by atoms with Crippen molar-refractivity contribution < 1.29 is 4.92 Å². The highest BCUT2D eigenvalue weighted by Crippen LogP contribution is 2.25. The SMILES string of the molecule is CCCCn1c(=O)c([N+](=O)[O-])c(N)c2cccnc21. The quantitative estimate of drug-likeness (QED) is 0.666. The summed E-state index contributed by atoms with van der Waals surface area (Å²) >= 11 is 0. The summed E-state index contributed by atoms with van der Waals surface area (Å²) in [6.07, 6.45) is 3.15. The Hall–Kier alpha value is -2.44. The number of nitrogens with zero attached hydrogens (tertiary/aromatic N) is 3. The van der Waals surface area contributed by atoms with Crippen molar-refractivity contribution in [3.05, 3.63) is 38.8 Å². The molecular formula is C12H14N4O3. The van der Waals surface area contributed by atoms with E-state index in [2.05, 4.69) is 4.98 Å². The van der Waals surface area contributed by atoms with E-state index in [4.69, 9.17) is 5.73 Å². The largest absolute Gasteiger partial charge is 0.392 e. The number of fused-ring (bicyclic) bond motifs is 1. The maximum atomic E-state index is 12.2. The van der Waals surface area contributed by atoms with Gasteiger partial charge in [0.15, 0.2) is 0 Å². The third-order valence-electron chi connectivity index (χ3n) is 2.95. The molecule has 0 unspecified atom stereocenters. The second-order valence-electron chi connectivity index (χ2n) is 4.20. The fourth-order valence-corrected chi connectivity index (χ4v) is 1.99. The molecule has 0 saturated carbocycles. The third kappa shape index (κ3) is 2.14. The molecule has 2 N–H and O–H groups in total. The Morgan fingerprint density at radius 2 is 2.26 bits per heavy atom. The maximum Gasteiger partial charge on any atom is 0.357 e. The van der Waals surface area contributed by atoms with Crippen LogP contribution in [0.4, 0.5) is 11.4 Å². The van der Waals surface area contributed by atoms with Crippen LogP contribution in [-0.2, 0) is 6.54 Å². The predicted octanol–water partition coefficient (Wildman–Crippen LogP) is 1.69. The van der Waals surface area contributed by atoms with E-state index in [1.54, 1.807) is 12.1 Å². The number of nitrogens with two attached hydrogens (primary N) is 1. The van der Waals surface area contributed by atoms with E-state index in [0.717, 1.165) is 12.8 Å². The minimum Gasteiger partial charge on any atom is -0.392 e. The van der Waals surface area contributed by atoms with Crippen LogP contribution in [0.15, 0.2) is 23.1 Å². The molecule has 0 amide bonds. The number of anilines is 1. The van der Waals surface area contributed by atoms with Crippen LogP contribution in [0.5, 0.6) is 0 Å². The Morgan fingerprint density at radius 3 is 2.89 bits per heavy atom. The molecular weight excluding hydrogens is 248 g/mol. The molecule has 2 heterocycles. The zero-order valence-electron chi connectivity index (χ0n) is 10.5. The third-order valence-corrected chi connectivity index (χ3v) is 2.95. The monoisotopic (exact) mass is 262 g/mol. The molecule has 100 valence electrons. The predicted molar refractivity (Wildman–Crippen MR) is 72.0 cm³/mol. The summed E-state index contributed by atoms with van der Waals surface area (Å²) in [5.41, 5.74) is 4.73. The topological polar surface area (TPSA) is 104 Å². The molecule has 0 aliphatic heterocycles. The van der Waals surface area contributed by atoms with Gasteiger partial charge in [-0.25, -0.2) is 4.98 Å². The standard InChI is InChI=1S/C12H14N4O3/c1-2-3-7-15-11-8(5-4-6-14-11)9(13)10(12(15)17)16(18)19/h4-6H,2-3,7,13H2,1H3. The first-order chi connectivity index (χ1) is 9.07. The Balaban J connectivity index is 2.84. The number of hydrogen-bond acceptors (Lipinski definition) is 5. The van der Waals surface area contributed by atoms with Crippen LogP contribution in [0, 0.1) is 10.1 Å². The van der Waals surface area contributed by atoms with E-state index in [9.17, 15) is 14.9 Å². The fraction of sp³-hybridized carbons (Fsp3) is 0.333. The highest BCUT2D eigenvalue weighted by atomic mass is 16.6. The summed E-state index contributed by atoms with van der Waals surface area (Å²) in [6, 6.07) is 3.27. The van der Waals surface area contributed by atoms with E-state index in [0.29, 0.717) is 17.6 Å². The van der Waals surface area contributed by atoms with Gasteiger partial charge in [-0.15, -0.1) is 0 Å². The first kappa shape index (κ1) is 13.0. The number of aromatic nitrogens is 2. The van der Waals surface area contributed by atoms with E-state index in [1.807, 2.05) is 6.92 Å². The lowest BCUT2D eigenvalue weighted by Gasteiger charge is -2.10. The van der Waals surface area contributed by atoms with Gasteiger partial charge in [0.1, 0.15) is 11.3 Å². The summed E-state index contributed by atoms with van der Waals surface area (Å²) in [6.45, 7) is 2.37. The summed E-state index contributed by atoms with van der Waals surface area (Å²) in [5, 5.41) is 11.4. The molecule has 0 bridgehead atoms. The van der Waals surface area contributed by atoms with Crippen molar-refractivity contribution in [1.29, 1.82) is 0 Å². The summed E-state index contributed by atoms with van der Waals surface area (Å²) in [5.74, 6) is 0. The van der Waals surface area contributed by atoms with Crippen molar-refractivity contribution in [2.75, 3.05) is 5.73 Å². The maximum absolute atomic E-state index is 12.2. The van der Waals surface area contributed by atoms with Crippen molar-refractivity contribution in [3.63, 3.8) is 0 Å². The molecule has 0 aliphatic rings. The minimum absolute atomic E-state index is 0.120. The van der Waals surface area contributed by atoms with Crippen LogP contribution in [0.25, 0.3) is 11.0 Å². The second kappa shape index (κ2) is 5.05. The summed E-state index contributed by atoms with van der Waals surface area (Å²) in [4.78, 5) is 26.5. The van der Waals surface area contributed by atoms with Crippen molar-refractivity contribution in [2.24, 2.45) is 0 Å². The first-order valence-corrected chi connectivity index (χ1v) is 5.99. The number of nitrogen functional groups attached to an aromatic ring is 1. The summed E-state index contributed by atoms with van der Waals surface area (Å²) < 4.78 is 1.33. The zero-order valence-corrected chi connectivity index (χ0v) is 10.5. The van der Waals surface area contributed by atoms with Gasteiger partial charge >= 0.3 is 11.2 Å². The molecule has 7 heteroatoms. The highest BCUT2D eigenvalue weighted by Gasteiger charge is 2.23. The van der Waals surface area contributed by atoms with Crippen LogP contribution in [-0.4, -0.2) is 14.5 Å². The molecule has 19 heavy (non-hydrogen) atoms. The Morgan fingerprint density at radius 1 is 1.53 bits per heavy atom. The van der Waals surface area contributed by atoms with Crippen LogP contribution in [0.1, 0.15) is 19.8 Å². The number of rotatable bonds is 4. The summed E-state index contributed by atoms with van der Waals surface area (Å²) in [7, 11) is 0. The van der Waals surface area contributed by atoms with Gasteiger partial charge in [0, 0.05) is 18.1 Å². The minimum atomic E-state index is -0.730. The highest BCUT2D eigenvalue weighted by molar-refractivity contribution is 5.92. The Bertz CT molecular complexity index is 693.